The number of piperazine rings is 1. The lowest BCUT2D eigenvalue weighted by atomic mass is 10.1. The number of carbonyl (C=O) groups excluding carboxylic acids is 1. The second-order valence-corrected chi connectivity index (χ2v) is 11.1. The normalized spacial score (nSPS) is 24.6. The molecule has 6 nitrogen and oxygen atoms in total. The van der Waals surface area contributed by atoms with E-state index in [2.05, 4.69) is 23.1 Å². The van der Waals surface area contributed by atoms with Gasteiger partial charge in [-0.1, -0.05) is 12.1 Å². The molecular weight excluding hydrogens is 384 g/mol. The number of hydrogen-bond acceptors (Lipinski definition) is 6. The number of hydrogen-bond donors (Lipinski definition) is 0. The quantitative estimate of drug-likeness (QED) is 0.726. The second kappa shape index (κ2) is 8.01. The molecule has 27 heavy (non-hydrogen) atoms. The lowest BCUT2D eigenvalue weighted by molar-refractivity contribution is -0.130. The average Bonchev–Trinajstić information content (AvgIpc) is 3.25. The molecule has 0 saturated carbocycles. The SMILES string of the molecule is O=C(CSC1CCS(=O)(=O)C1)N1CCN(Cc2ccc3c(c2)CCO3)CC1. The minimum absolute atomic E-state index is 0.0871. The van der Waals surface area contributed by atoms with Crippen molar-refractivity contribution in [2.24, 2.45) is 0 Å². The second-order valence-electron chi connectivity index (χ2n) is 7.53. The van der Waals surface area contributed by atoms with Crippen LogP contribution in [0, 0.1) is 0 Å². The number of amides is 1. The number of thioether (sulfide) groups is 1. The van der Waals surface area contributed by atoms with E-state index in [-0.39, 0.29) is 22.7 Å². The summed E-state index contributed by atoms with van der Waals surface area (Å²) in [5.74, 6) is 2.04. The number of sulfone groups is 1. The van der Waals surface area contributed by atoms with E-state index in [1.165, 1.54) is 22.9 Å². The number of carbonyl (C=O) groups is 1. The van der Waals surface area contributed by atoms with Gasteiger partial charge in [0.2, 0.25) is 5.91 Å². The first kappa shape index (κ1) is 19.1. The Bertz CT molecular complexity index is 804. The zero-order valence-electron chi connectivity index (χ0n) is 15.4. The number of ether oxygens (including phenoxy) is 1. The molecule has 8 heteroatoms. The molecule has 3 heterocycles. The molecule has 1 atom stereocenters. The van der Waals surface area contributed by atoms with Crippen LogP contribution >= 0.6 is 11.8 Å². The summed E-state index contributed by atoms with van der Waals surface area (Å²) in [5, 5.41) is 0.0871. The van der Waals surface area contributed by atoms with E-state index in [1.54, 1.807) is 0 Å². The van der Waals surface area contributed by atoms with Crippen LogP contribution in [-0.4, -0.2) is 79.4 Å². The van der Waals surface area contributed by atoms with E-state index in [4.69, 9.17) is 4.74 Å². The van der Waals surface area contributed by atoms with Crippen LogP contribution in [0.5, 0.6) is 5.75 Å². The van der Waals surface area contributed by atoms with Crippen molar-refractivity contribution in [3.8, 4) is 5.75 Å². The number of rotatable bonds is 5. The summed E-state index contributed by atoms with van der Waals surface area (Å²) in [4.78, 5) is 16.7. The van der Waals surface area contributed by atoms with Gasteiger partial charge < -0.3 is 9.64 Å². The molecule has 1 amide bonds. The fourth-order valence-electron chi connectivity index (χ4n) is 3.92. The fourth-order valence-corrected chi connectivity index (χ4v) is 7.47. The first-order valence-electron chi connectivity index (χ1n) is 9.55. The average molecular weight is 411 g/mol. The van der Waals surface area contributed by atoms with Crippen LogP contribution in [-0.2, 0) is 27.6 Å². The number of benzene rings is 1. The summed E-state index contributed by atoms with van der Waals surface area (Å²) in [5.41, 5.74) is 2.60. The lowest BCUT2D eigenvalue weighted by Gasteiger charge is -2.35. The molecule has 0 spiro atoms. The molecule has 4 rings (SSSR count). The van der Waals surface area contributed by atoms with Crippen molar-refractivity contribution in [1.82, 2.24) is 9.80 Å². The Morgan fingerprint density at radius 2 is 2.04 bits per heavy atom. The molecule has 0 aliphatic carbocycles. The van der Waals surface area contributed by atoms with Crippen LogP contribution in [0.15, 0.2) is 18.2 Å². The first-order chi connectivity index (χ1) is 13.0. The highest BCUT2D eigenvalue weighted by Crippen LogP contribution is 2.27. The monoisotopic (exact) mass is 410 g/mol. The molecule has 2 saturated heterocycles. The zero-order chi connectivity index (χ0) is 18.9. The van der Waals surface area contributed by atoms with Crippen molar-refractivity contribution >= 4 is 27.5 Å². The van der Waals surface area contributed by atoms with Crippen LogP contribution in [0.25, 0.3) is 0 Å². The maximum atomic E-state index is 12.4. The third kappa shape index (κ3) is 4.78. The zero-order valence-corrected chi connectivity index (χ0v) is 17.1. The third-order valence-electron chi connectivity index (χ3n) is 5.52. The summed E-state index contributed by atoms with van der Waals surface area (Å²) < 4.78 is 28.6. The molecule has 1 aromatic carbocycles. The van der Waals surface area contributed by atoms with Crippen molar-refractivity contribution in [3.63, 3.8) is 0 Å². The van der Waals surface area contributed by atoms with Gasteiger partial charge in [0.25, 0.3) is 0 Å². The van der Waals surface area contributed by atoms with Gasteiger partial charge in [-0.25, -0.2) is 8.42 Å². The summed E-state index contributed by atoms with van der Waals surface area (Å²) >= 11 is 1.51. The van der Waals surface area contributed by atoms with Gasteiger partial charge in [0, 0.05) is 44.4 Å². The molecule has 0 bridgehead atoms. The number of fused-ring (bicyclic) bond motifs is 1. The van der Waals surface area contributed by atoms with Gasteiger partial charge in [-0.3, -0.25) is 9.69 Å². The van der Waals surface area contributed by atoms with Gasteiger partial charge in [0.05, 0.1) is 23.9 Å². The molecular formula is C19H26N2O4S2. The maximum Gasteiger partial charge on any atom is 0.232 e. The van der Waals surface area contributed by atoms with Crippen LogP contribution in [0.4, 0.5) is 0 Å². The highest BCUT2D eigenvalue weighted by molar-refractivity contribution is 8.02. The van der Waals surface area contributed by atoms with Gasteiger partial charge in [-0.15, -0.1) is 11.8 Å². The Balaban J connectivity index is 1.21. The Hall–Kier alpha value is -1.25. The standard InChI is InChI=1S/C19H26N2O4S2/c22-19(13-26-17-4-10-27(23,24)14-17)21-7-5-20(6-8-21)12-15-1-2-18-16(11-15)3-9-25-18/h1-2,11,17H,3-10,12-14H2. The van der Waals surface area contributed by atoms with Gasteiger partial charge >= 0.3 is 0 Å². The van der Waals surface area contributed by atoms with Gasteiger partial charge in [-0.05, 0) is 23.6 Å². The maximum absolute atomic E-state index is 12.4. The highest BCUT2D eigenvalue weighted by atomic mass is 32.2. The van der Waals surface area contributed by atoms with Crippen LogP contribution < -0.4 is 4.74 Å². The molecule has 0 radical (unpaired) electrons. The fraction of sp³-hybridized carbons (Fsp3) is 0.632. The molecule has 0 aromatic heterocycles. The lowest BCUT2D eigenvalue weighted by Crippen LogP contribution is -2.48. The Morgan fingerprint density at radius 1 is 1.22 bits per heavy atom. The van der Waals surface area contributed by atoms with Gasteiger partial charge in [-0.2, -0.15) is 0 Å². The van der Waals surface area contributed by atoms with E-state index in [9.17, 15) is 13.2 Å². The highest BCUT2D eigenvalue weighted by Gasteiger charge is 2.29. The van der Waals surface area contributed by atoms with Crippen molar-refractivity contribution in [1.29, 1.82) is 0 Å². The predicted octanol–water partition coefficient (Wildman–Crippen LogP) is 1.19. The topological polar surface area (TPSA) is 66.9 Å². The van der Waals surface area contributed by atoms with Crippen LogP contribution in [0.3, 0.4) is 0 Å². The van der Waals surface area contributed by atoms with Gasteiger partial charge in [0.1, 0.15) is 5.75 Å². The van der Waals surface area contributed by atoms with E-state index < -0.39 is 9.84 Å². The Kier molecular flexibility index (Phi) is 5.66. The predicted molar refractivity (Wildman–Crippen MR) is 107 cm³/mol. The summed E-state index contributed by atoms with van der Waals surface area (Å²) in [6, 6.07) is 6.44. The van der Waals surface area contributed by atoms with Crippen molar-refractivity contribution in [2.45, 2.75) is 24.6 Å². The van der Waals surface area contributed by atoms with Crippen LogP contribution in [0.2, 0.25) is 0 Å². The van der Waals surface area contributed by atoms with Crippen molar-refractivity contribution in [2.75, 3.05) is 50.0 Å². The smallest absolute Gasteiger partial charge is 0.232 e. The minimum Gasteiger partial charge on any atom is -0.493 e. The molecule has 3 aliphatic rings. The van der Waals surface area contributed by atoms with Crippen molar-refractivity contribution < 1.29 is 17.9 Å². The molecule has 1 unspecified atom stereocenters. The molecule has 3 aliphatic heterocycles. The van der Waals surface area contributed by atoms with Crippen molar-refractivity contribution in [3.05, 3.63) is 29.3 Å². The Labute approximate surface area is 165 Å². The largest absolute Gasteiger partial charge is 0.493 e. The molecule has 2 fully saturated rings. The van der Waals surface area contributed by atoms with E-state index in [1.807, 2.05) is 4.90 Å². The minimum atomic E-state index is -2.87. The third-order valence-corrected chi connectivity index (χ3v) is 8.78. The van der Waals surface area contributed by atoms with Crippen LogP contribution in [0.1, 0.15) is 17.5 Å². The Morgan fingerprint density at radius 3 is 2.78 bits per heavy atom. The summed E-state index contributed by atoms with van der Waals surface area (Å²) in [7, 11) is -2.87. The molecule has 0 N–H and O–H groups in total. The molecule has 148 valence electrons. The first-order valence-corrected chi connectivity index (χ1v) is 12.4. The van der Waals surface area contributed by atoms with E-state index in [0.717, 1.165) is 51.5 Å². The summed E-state index contributed by atoms with van der Waals surface area (Å²) in [6.07, 6.45) is 1.67. The van der Waals surface area contributed by atoms with Gasteiger partial charge in [0.15, 0.2) is 9.84 Å². The van der Waals surface area contributed by atoms with E-state index >= 15 is 0 Å². The summed E-state index contributed by atoms with van der Waals surface area (Å²) in [6.45, 7) is 4.94. The van der Waals surface area contributed by atoms with E-state index in [0.29, 0.717) is 12.2 Å². The molecule has 1 aromatic rings. The number of nitrogens with zero attached hydrogens (tertiary/aromatic N) is 2.